The van der Waals surface area contributed by atoms with E-state index in [4.69, 9.17) is 10.00 Å². The molecule has 18 heavy (non-hydrogen) atoms. The number of hydrogen-bond donors (Lipinski definition) is 0. The molecule has 0 bridgehead atoms. The summed E-state index contributed by atoms with van der Waals surface area (Å²) in [6.45, 7) is 2.44. The van der Waals surface area contributed by atoms with Crippen molar-refractivity contribution in [3.63, 3.8) is 0 Å². The number of anilines is 1. The van der Waals surface area contributed by atoms with Crippen LogP contribution in [-0.4, -0.2) is 25.2 Å². The number of ether oxygens (including phenoxy) is 1. The fourth-order valence-electron chi connectivity index (χ4n) is 2.00. The second-order valence-corrected chi connectivity index (χ2v) is 5.15. The molecule has 0 aliphatic carbocycles. The Hall–Kier alpha value is -1.38. The van der Waals surface area contributed by atoms with Gasteiger partial charge < -0.3 is 9.64 Å². The van der Waals surface area contributed by atoms with E-state index < -0.39 is 0 Å². The number of nitrogens with zero attached hydrogens (tertiary/aromatic N) is 2. The molecule has 5 heteroatoms. The molecule has 1 aliphatic heterocycles. The third-order valence-corrected chi connectivity index (χ3v) is 3.39. The lowest BCUT2D eigenvalue weighted by Gasteiger charge is -2.32. The lowest BCUT2D eigenvalue weighted by molar-refractivity contribution is -0.129. The van der Waals surface area contributed by atoms with Gasteiger partial charge in [0.2, 0.25) is 0 Å². The van der Waals surface area contributed by atoms with Crippen molar-refractivity contribution in [2.45, 2.75) is 19.4 Å². The Bertz CT molecular complexity index is 510. The summed E-state index contributed by atoms with van der Waals surface area (Å²) in [5, 5.41) is 8.69. The molecule has 1 fully saturated rings. The van der Waals surface area contributed by atoms with Crippen LogP contribution in [-0.2, 0) is 9.53 Å². The number of rotatable bonds is 2. The maximum Gasteiger partial charge on any atom is 0.253 e. The maximum absolute atomic E-state index is 11.9. The van der Waals surface area contributed by atoms with Crippen LogP contribution >= 0.6 is 15.9 Å². The van der Waals surface area contributed by atoms with Crippen molar-refractivity contribution < 1.29 is 9.53 Å². The molecule has 1 aromatic carbocycles. The van der Waals surface area contributed by atoms with Gasteiger partial charge in [0, 0.05) is 10.2 Å². The van der Waals surface area contributed by atoms with Crippen molar-refractivity contribution in [1.29, 1.82) is 5.26 Å². The van der Waals surface area contributed by atoms with E-state index in [1.165, 1.54) is 0 Å². The molecule has 0 spiro atoms. The van der Waals surface area contributed by atoms with Gasteiger partial charge in [0.25, 0.3) is 5.91 Å². The quantitative estimate of drug-likeness (QED) is 0.843. The van der Waals surface area contributed by atoms with Crippen LogP contribution in [0, 0.1) is 18.3 Å². The van der Waals surface area contributed by atoms with Crippen molar-refractivity contribution in [2.24, 2.45) is 0 Å². The van der Waals surface area contributed by atoms with E-state index in [0.717, 1.165) is 15.7 Å². The molecule has 4 nitrogen and oxygen atoms in total. The molecular formula is C13H13BrN2O2. The fourth-order valence-corrected chi connectivity index (χ4v) is 2.48. The van der Waals surface area contributed by atoms with Gasteiger partial charge >= 0.3 is 0 Å². The van der Waals surface area contributed by atoms with Gasteiger partial charge in [-0.3, -0.25) is 4.79 Å². The summed E-state index contributed by atoms with van der Waals surface area (Å²) in [5.41, 5.74) is 1.91. The molecule has 1 aliphatic rings. The Morgan fingerprint density at radius 3 is 3.06 bits per heavy atom. The third kappa shape index (κ3) is 2.71. The van der Waals surface area contributed by atoms with Crippen LogP contribution in [0.15, 0.2) is 22.7 Å². The van der Waals surface area contributed by atoms with E-state index in [9.17, 15) is 4.79 Å². The van der Waals surface area contributed by atoms with Gasteiger partial charge in [0.05, 0.1) is 25.1 Å². The average molecular weight is 309 g/mol. The summed E-state index contributed by atoms with van der Waals surface area (Å²) in [6, 6.07) is 7.86. The molecule has 0 N–H and O–H groups in total. The Labute approximate surface area is 114 Å². The van der Waals surface area contributed by atoms with Crippen molar-refractivity contribution in [3.8, 4) is 6.07 Å². The Morgan fingerprint density at radius 1 is 1.61 bits per heavy atom. The lowest BCUT2D eigenvalue weighted by Crippen LogP contribution is -2.47. The van der Waals surface area contributed by atoms with Gasteiger partial charge in [-0.05, 0) is 30.7 Å². The minimum absolute atomic E-state index is 0.0435. The average Bonchev–Trinajstić information content (AvgIpc) is 2.33. The van der Waals surface area contributed by atoms with Crippen LogP contribution in [0.2, 0.25) is 0 Å². The smallest absolute Gasteiger partial charge is 0.253 e. The Balaban J connectivity index is 2.24. The summed E-state index contributed by atoms with van der Waals surface area (Å²) in [7, 11) is 0. The van der Waals surface area contributed by atoms with Crippen molar-refractivity contribution in [2.75, 3.05) is 18.1 Å². The molecule has 94 valence electrons. The molecule has 0 saturated carbocycles. The molecule has 1 saturated heterocycles. The largest absolute Gasteiger partial charge is 0.365 e. The molecule has 1 amide bonds. The van der Waals surface area contributed by atoms with E-state index in [1.807, 2.05) is 25.1 Å². The second-order valence-electron chi connectivity index (χ2n) is 4.23. The first-order valence-electron chi connectivity index (χ1n) is 5.67. The molecule has 0 aromatic heterocycles. The van der Waals surface area contributed by atoms with Crippen LogP contribution in [0.25, 0.3) is 0 Å². The highest BCUT2D eigenvalue weighted by Gasteiger charge is 2.28. The molecule has 1 heterocycles. The topological polar surface area (TPSA) is 53.3 Å². The van der Waals surface area contributed by atoms with Gasteiger partial charge in [-0.2, -0.15) is 5.26 Å². The third-order valence-electron chi connectivity index (χ3n) is 2.90. The number of hydrogen-bond acceptors (Lipinski definition) is 3. The van der Waals surface area contributed by atoms with Gasteiger partial charge in [-0.15, -0.1) is 0 Å². The van der Waals surface area contributed by atoms with Gasteiger partial charge in [-0.1, -0.05) is 15.9 Å². The van der Waals surface area contributed by atoms with E-state index in [-0.39, 0.29) is 18.6 Å². The first kappa shape index (κ1) is 13.1. The summed E-state index contributed by atoms with van der Waals surface area (Å²) in [4.78, 5) is 13.6. The number of aryl methyl sites for hydroxylation is 1. The minimum atomic E-state index is -0.198. The molecule has 2 rings (SSSR count). The van der Waals surface area contributed by atoms with Crippen LogP contribution in [0.3, 0.4) is 0 Å². The minimum Gasteiger partial charge on any atom is -0.365 e. The number of carbonyl (C=O) groups excluding carboxylic acids is 1. The second kappa shape index (κ2) is 5.51. The highest BCUT2D eigenvalue weighted by Crippen LogP contribution is 2.26. The summed E-state index contributed by atoms with van der Waals surface area (Å²) < 4.78 is 6.31. The first-order chi connectivity index (χ1) is 8.61. The van der Waals surface area contributed by atoms with Gasteiger partial charge in [0.1, 0.15) is 6.61 Å². The van der Waals surface area contributed by atoms with Crippen molar-refractivity contribution in [1.82, 2.24) is 0 Å². The molecule has 1 unspecified atom stereocenters. The van der Waals surface area contributed by atoms with Crippen LogP contribution in [0.4, 0.5) is 5.69 Å². The summed E-state index contributed by atoms with van der Waals surface area (Å²) in [6.07, 6.45) is 0.107. The number of nitriles is 1. The monoisotopic (exact) mass is 308 g/mol. The number of carbonyl (C=O) groups is 1. The van der Waals surface area contributed by atoms with Gasteiger partial charge in [-0.25, -0.2) is 0 Å². The van der Waals surface area contributed by atoms with Gasteiger partial charge in [0.15, 0.2) is 0 Å². The highest BCUT2D eigenvalue weighted by atomic mass is 79.9. The van der Waals surface area contributed by atoms with E-state index in [0.29, 0.717) is 13.0 Å². The van der Waals surface area contributed by atoms with Crippen molar-refractivity contribution in [3.05, 3.63) is 28.2 Å². The number of benzene rings is 1. The number of halogens is 1. The van der Waals surface area contributed by atoms with Crippen LogP contribution < -0.4 is 4.90 Å². The summed E-state index contributed by atoms with van der Waals surface area (Å²) in [5.74, 6) is -0.0605. The zero-order chi connectivity index (χ0) is 13.1. The van der Waals surface area contributed by atoms with Crippen molar-refractivity contribution >= 4 is 27.5 Å². The highest BCUT2D eigenvalue weighted by molar-refractivity contribution is 9.10. The molecule has 1 aromatic rings. The SMILES string of the molecule is Cc1cc(Br)ccc1N1CC(CC#N)OCC1=O. The molecular weight excluding hydrogens is 296 g/mol. The van der Waals surface area contributed by atoms with Crippen LogP contribution in [0.1, 0.15) is 12.0 Å². The van der Waals surface area contributed by atoms with Crippen LogP contribution in [0.5, 0.6) is 0 Å². The predicted octanol–water partition coefficient (Wildman–Crippen LogP) is 2.40. The zero-order valence-corrected chi connectivity index (χ0v) is 11.6. The summed E-state index contributed by atoms with van der Waals surface area (Å²) >= 11 is 3.40. The molecule has 1 atom stereocenters. The molecule has 0 radical (unpaired) electrons. The first-order valence-corrected chi connectivity index (χ1v) is 6.46. The fraction of sp³-hybridized carbons (Fsp3) is 0.385. The Morgan fingerprint density at radius 2 is 2.39 bits per heavy atom. The maximum atomic E-state index is 11.9. The number of amides is 1. The standard InChI is InChI=1S/C13H13BrN2O2/c1-9-6-10(14)2-3-12(9)16-7-11(4-5-15)18-8-13(16)17/h2-3,6,11H,4,7-8H2,1H3. The normalized spacial score (nSPS) is 19.7. The van der Waals surface area contributed by atoms with E-state index in [2.05, 4.69) is 22.0 Å². The van der Waals surface area contributed by atoms with E-state index in [1.54, 1.807) is 4.90 Å². The Kier molecular flexibility index (Phi) is 4.00. The lowest BCUT2D eigenvalue weighted by atomic mass is 10.1. The zero-order valence-electron chi connectivity index (χ0n) is 10.0. The number of morpholine rings is 1. The van der Waals surface area contributed by atoms with E-state index >= 15 is 0 Å². The predicted molar refractivity (Wildman–Crippen MR) is 71.2 cm³/mol.